The summed E-state index contributed by atoms with van der Waals surface area (Å²) in [6, 6.07) is 0. The highest BCUT2D eigenvalue weighted by Gasteiger charge is 2.68. The summed E-state index contributed by atoms with van der Waals surface area (Å²) in [7, 11) is 1.92. The zero-order valence-electron chi connectivity index (χ0n) is 12.2. The van der Waals surface area contributed by atoms with Crippen LogP contribution in [0.4, 0.5) is 0 Å². The van der Waals surface area contributed by atoms with Crippen LogP contribution in [-0.4, -0.2) is 12.7 Å². The van der Waals surface area contributed by atoms with Crippen molar-refractivity contribution in [2.75, 3.05) is 7.11 Å². The van der Waals surface area contributed by atoms with E-state index in [-0.39, 0.29) is 5.60 Å². The maximum atomic E-state index is 5.94. The van der Waals surface area contributed by atoms with Gasteiger partial charge in [0, 0.05) is 7.11 Å². The number of fused-ring (bicyclic) bond motifs is 1. The summed E-state index contributed by atoms with van der Waals surface area (Å²) in [5, 5.41) is 0. The van der Waals surface area contributed by atoms with Gasteiger partial charge >= 0.3 is 0 Å². The lowest BCUT2D eigenvalue weighted by Crippen LogP contribution is -2.45. The molecule has 0 amide bonds. The second-order valence-corrected chi connectivity index (χ2v) is 7.86. The van der Waals surface area contributed by atoms with Crippen LogP contribution in [0.3, 0.4) is 0 Å². The summed E-state index contributed by atoms with van der Waals surface area (Å²) < 4.78 is 5.94. The van der Waals surface area contributed by atoms with Crippen molar-refractivity contribution < 1.29 is 4.74 Å². The van der Waals surface area contributed by atoms with Crippen LogP contribution in [0.5, 0.6) is 0 Å². The lowest BCUT2D eigenvalue weighted by Gasteiger charge is -2.46. The molecule has 3 rings (SSSR count). The van der Waals surface area contributed by atoms with Gasteiger partial charge in [0.05, 0.1) is 5.60 Å². The van der Waals surface area contributed by atoms with Crippen LogP contribution >= 0.6 is 0 Å². The molecule has 98 valence electrons. The number of hydrogen-bond donors (Lipinski definition) is 0. The third-order valence-corrected chi connectivity index (χ3v) is 7.23. The Labute approximate surface area is 106 Å². The highest BCUT2D eigenvalue weighted by molar-refractivity contribution is 5.17. The third kappa shape index (κ3) is 1.25. The van der Waals surface area contributed by atoms with Crippen molar-refractivity contribution in [1.29, 1.82) is 0 Å². The first-order chi connectivity index (χ1) is 7.87. The topological polar surface area (TPSA) is 9.23 Å². The molecule has 0 aliphatic heterocycles. The fraction of sp³-hybridized carbons (Fsp3) is 1.00. The quantitative estimate of drug-likeness (QED) is 0.661. The lowest BCUT2D eigenvalue weighted by atomic mass is 9.64. The first-order valence-corrected chi connectivity index (χ1v) is 7.42. The van der Waals surface area contributed by atoms with E-state index in [4.69, 9.17) is 4.74 Å². The van der Waals surface area contributed by atoms with Crippen molar-refractivity contribution in [2.45, 2.75) is 65.4 Å². The fourth-order valence-corrected chi connectivity index (χ4v) is 6.10. The van der Waals surface area contributed by atoms with Gasteiger partial charge in [-0.05, 0) is 67.6 Å². The van der Waals surface area contributed by atoms with E-state index in [1.807, 2.05) is 7.11 Å². The highest BCUT2D eigenvalue weighted by atomic mass is 16.5. The van der Waals surface area contributed by atoms with Crippen LogP contribution in [-0.2, 0) is 4.74 Å². The lowest BCUT2D eigenvalue weighted by molar-refractivity contribution is -0.100. The molecule has 0 N–H and O–H groups in total. The molecule has 0 saturated heterocycles. The molecule has 0 radical (unpaired) electrons. The maximum absolute atomic E-state index is 5.94. The Balaban J connectivity index is 2.04. The molecule has 3 fully saturated rings. The number of methoxy groups -OCH3 is 1. The summed E-state index contributed by atoms with van der Waals surface area (Å²) in [5.41, 5.74) is 1.29. The summed E-state index contributed by atoms with van der Waals surface area (Å²) >= 11 is 0. The SMILES string of the molecule is CO[C@]1(C)CCC23C[C@H]1C(C)(C)C2CC[C@H]3C. The minimum absolute atomic E-state index is 0.138. The van der Waals surface area contributed by atoms with Crippen molar-refractivity contribution in [3.8, 4) is 0 Å². The van der Waals surface area contributed by atoms with Crippen molar-refractivity contribution in [3.05, 3.63) is 0 Å². The summed E-state index contributed by atoms with van der Waals surface area (Å²) in [5.74, 6) is 2.66. The van der Waals surface area contributed by atoms with Crippen molar-refractivity contribution in [3.63, 3.8) is 0 Å². The monoisotopic (exact) mass is 236 g/mol. The average molecular weight is 236 g/mol. The molecular weight excluding hydrogens is 208 g/mol. The molecule has 0 heterocycles. The number of hydrogen-bond acceptors (Lipinski definition) is 1. The molecule has 2 unspecified atom stereocenters. The molecule has 1 spiro atoms. The Kier molecular flexibility index (Phi) is 2.32. The molecule has 0 aromatic heterocycles. The summed E-state index contributed by atoms with van der Waals surface area (Å²) in [6.45, 7) is 9.90. The largest absolute Gasteiger partial charge is 0.378 e. The van der Waals surface area contributed by atoms with Crippen LogP contribution in [0.25, 0.3) is 0 Å². The van der Waals surface area contributed by atoms with Crippen molar-refractivity contribution in [2.24, 2.45) is 28.6 Å². The summed E-state index contributed by atoms with van der Waals surface area (Å²) in [6.07, 6.45) is 7.03. The Hall–Kier alpha value is -0.0400. The van der Waals surface area contributed by atoms with Gasteiger partial charge in [-0.2, -0.15) is 0 Å². The third-order valence-electron chi connectivity index (χ3n) is 7.23. The van der Waals surface area contributed by atoms with Crippen LogP contribution < -0.4 is 0 Å². The van der Waals surface area contributed by atoms with E-state index in [0.717, 1.165) is 17.8 Å². The van der Waals surface area contributed by atoms with E-state index >= 15 is 0 Å². The predicted octanol–water partition coefficient (Wildman–Crippen LogP) is 4.26. The van der Waals surface area contributed by atoms with Gasteiger partial charge in [0.25, 0.3) is 0 Å². The molecule has 2 bridgehead atoms. The van der Waals surface area contributed by atoms with Crippen molar-refractivity contribution >= 4 is 0 Å². The van der Waals surface area contributed by atoms with Gasteiger partial charge < -0.3 is 4.74 Å². The molecule has 1 nitrogen and oxygen atoms in total. The smallest absolute Gasteiger partial charge is 0.0684 e. The van der Waals surface area contributed by atoms with Gasteiger partial charge in [-0.3, -0.25) is 0 Å². The average Bonchev–Trinajstić information content (AvgIpc) is 2.70. The van der Waals surface area contributed by atoms with Crippen LogP contribution in [0.2, 0.25) is 0 Å². The normalized spacial score (nSPS) is 55.9. The van der Waals surface area contributed by atoms with Gasteiger partial charge in [0.2, 0.25) is 0 Å². The van der Waals surface area contributed by atoms with E-state index in [0.29, 0.717) is 10.8 Å². The second-order valence-electron chi connectivity index (χ2n) is 7.86. The number of rotatable bonds is 1. The van der Waals surface area contributed by atoms with Crippen LogP contribution in [0, 0.1) is 28.6 Å². The van der Waals surface area contributed by atoms with Crippen molar-refractivity contribution in [1.82, 2.24) is 0 Å². The molecular formula is C16H28O. The molecule has 3 saturated carbocycles. The molecule has 0 aromatic carbocycles. The van der Waals surface area contributed by atoms with Gasteiger partial charge in [0.15, 0.2) is 0 Å². The minimum atomic E-state index is 0.138. The molecule has 5 atom stereocenters. The predicted molar refractivity (Wildman–Crippen MR) is 70.9 cm³/mol. The molecule has 1 heteroatoms. The molecule has 17 heavy (non-hydrogen) atoms. The Morgan fingerprint density at radius 2 is 1.71 bits per heavy atom. The standard InChI is InChI=1S/C16H28O/c1-11-6-7-12-14(2,3)13-10-16(11,12)9-8-15(13,4)17-5/h11-13H,6-10H2,1-5H3/t11-,12?,13+,15-,16?/m1/s1. The zero-order chi connectivity index (χ0) is 12.5. The first kappa shape index (κ1) is 12.0. The van der Waals surface area contributed by atoms with Gasteiger partial charge in [-0.25, -0.2) is 0 Å². The Morgan fingerprint density at radius 1 is 1.00 bits per heavy atom. The molecule has 0 aromatic rings. The summed E-state index contributed by atoms with van der Waals surface area (Å²) in [4.78, 5) is 0. The van der Waals surface area contributed by atoms with E-state index in [9.17, 15) is 0 Å². The second kappa shape index (κ2) is 3.29. The van der Waals surface area contributed by atoms with Crippen LogP contribution in [0.15, 0.2) is 0 Å². The van der Waals surface area contributed by atoms with Crippen LogP contribution in [0.1, 0.15) is 59.8 Å². The first-order valence-electron chi connectivity index (χ1n) is 7.42. The van der Waals surface area contributed by atoms with Gasteiger partial charge in [-0.1, -0.05) is 20.8 Å². The fourth-order valence-electron chi connectivity index (χ4n) is 6.10. The highest BCUT2D eigenvalue weighted by Crippen LogP contribution is 2.73. The number of ether oxygens (including phenoxy) is 1. The Morgan fingerprint density at radius 3 is 2.35 bits per heavy atom. The molecule has 3 aliphatic rings. The Bertz CT molecular complexity index is 334. The van der Waals surface area contributed by atoms with Gasteiger partial charge in [0.1, 0.15) is 0 Å². The zero-order valence-corrected chi connectivity index (χ0v) is 12.2. The van der Waals surface area contributed by atoms with E-state index in [1.54, 1.807) is 0 Å². The molecule has 3 aliphatic carbocycles. The van der Waals surface area contributed by atoms with E-state index in [2.05, 4.69) is 27.7 Å². The van der Waals surface area contributed by atoms with Gasteiger partial charge in [-0.15, -0.1) is 0 Å². The van der Waals surface area contributed by atoms with E-state index in [1.165, 1.54) is 32.1 Å². The minimum Gasteiger partial charge on any atom is -0.378 e. The maximum Gasteiger partial charge on any atom is 0.0684 e. The van der Waals surface area contributed by atoms with E-state index < -0.39 is 0 Å².